The molecular weight excluding hydrogens is 337 g/mol. The standard InChI is InChI=1S/C17H18ClNO3.ClH/c1-21-17(20)13-3-9-16(10-4-13)22-12-2-11-19-15-7-5-14(18)6-8-15;/h3-10,19H,2,11-12H2,1H3;1H. The molecule has 2 rings (SSSR count). The lowest BCUT2D eigenvalue weighted by molar-refractivity contribution is 0.0600. The Labute approximate surface area is 147 Å². The highest BCUT2D eigenvalue weighted by Gasteiger charge is 2.04. The fraction of sp³-hybridized carbons (Fsp3) is 0.235. The average Bonchev–Trinajstić information content (AvgIpc) is 2.56. The van der Waals surface area contributed by atoms with Gasteiger partial charge in [0, 0.05) is 17.3 Å². The van der Waals surface area contributed by atoms with Crippen LogP contribution >= 0.6 is 24.0 Å². The Morgan fingerprint density at radius 2 is 1.74 bits per heavy atom. The normalized spacial score (nSPS) is 9.65. The number of halogens is 2. The van der Waals surface area contributed by atoms with Crippen molar-refractivity contribution in [2.45, 2.75) is 6.42 Å². The van der Waals surface area contributed by atoms with Crippen LogP contribution in [0.2, 0.25) is 5.02 Å². The predicted molar refractivity (Wildman–Crippen MR) is 95.1 cm³/mol. The van der Waals surface area contributed by atoms with Crippen molar-refractivity contribution < 1.29 is 14.3 Å². The van der Waals surface area contributed by atoms with Gasteiger partial charge < -0.3 is 14.8 Å². The maximum atomic E-state index is 11.3. The van der Waals surface area contributed by atoms with Gasteiger partial charge in [0.05, 0.1) is 19.3 Å². The van der Waals surface area contributed by atoms with Crippen molar-refractivity contribution in [3.05, 3.63) is 59.1 Å². The number of ether oxygens (including phenoxy) is 2. The molecule has 0 unspecified atom stereocenters. The maximum absolute atomic E-state index is 11.3. The smallest absolute Gasteiger partial charge is 0.337 e. The van der Waals surface area contributed by atoms with E-state index < -0.39 is 0 Å². The zero-order valence-electron chi connectivity index (χ0n) is 12.8. The second-order valence-corrected chi connectivity index (χ2v) is 5.09. The average molecular weight is 356 g/mol. The highest BCUT2D eigenvalue weighted by Crippen LogP contribution is 2.14. The van der Waals surface area contributed by atoms with Crippen LogP contribution in [0.1, 0.15) is 16.8 Å². The van der Waals surface area contributed by atoms with Crippen LogP contribution in [0.5, 0.6) is 5.75 Å². The van der Waals surface area contributed by atoms with E-state index in [1.807, 2.05) is 24.3 Å². The molecule has 1 N–H and O–H groups in total. The van der Waals surface area contributed by atoms with E-state index in [9.17, 15) is 4.79 Å². The minimum atomic E-state index is -0.348. The molecule has 0 aromatic heterocycles. The molecule has 0 bridgehead atoms. The first kappa shape index (κ1) is 19.1. The van der Waals surface area contributed by atoms with Crippen molar-refractivity contribution in [3.8, 4) is 5.75 Å². The van der Waals surface area contributed by atoms with Gasteiger partial charge in [0.1, 0.15) is 5.75 Å². The van der Waals surface area contributed by atoms with Gasteiger partial charge in [0.2, 0.25) is 0 Å². The monoisotopic (exact) mass is 355 g/mol. The van der Waals surface area contributed by atoms with E-state index in [1.165, 1.54) is 7.11 Å². The summed E-state index contributed by atoms with van der Waals surface area (Å²) >= 11 is 5.83. The minimum absolute atomic E-state index is 0. The lowest BCUT2D eigenvalue weighted by Crippen LogP contribution is -2.07. The molecule has 0 amide bonds. The van der Waals surface area contributed by atoms with E-state index in [0.717, 1.165) is 29.4 Å². The molecule has 4 nitrogen and oxygen atoms in total. The number of benzene rings is 2. The van der Waals surface area contributed by atoms with Crippen molar-refractivity contribution in [3.63, 3.8) is 0 Å². The summed E-state index contributed by atoms with van der Waals surface area (Å²) < 4.78 is 10.3. The van der Waals surface area contributed by atoms with E-state index >= 15 is 0 Å². The third-order valence-corrected chi connectivity index (χ3v) is 3.29. The van der Waals surface area contributed by atoms with Gasteiger partial charge in [-0.25, -0.2) is 4.79 Å². The fourth-order valence-corrected chi connectivity index (χ4v) is 1.99. The van der Waals surface area contributed by atoms with E-state index in [1.54, 1.807) is 24.3 Å². The maximum Gasteiger partial charge on any atom is 0.337 e. The summed E-state index contributed by atoms with van der Waals surface area (Å²) in [6.45, 7) is 1.40. The van der Waals surface area contributed by atoms with Gasteiger partial charge >= 0.3 is 5.97 Å². The first-order chi connectivity index (χ1) is 10.7. The molecule has 0 spiro atoms. The Balaban J connectivity index is 0.00000264. The van der Waals surface area contributed by atoms with Crippen molar-refractivity contribution in [2.24, 2.45) is 0 Å². The first-order valence-electron chi connectivity index (χ1n) is 6.99. The lowest BCUT2D eigenvalue weighted by Gasteiger charge is -2.08. The topological polar surface area (TPSA) is 47.6 Å². The summed E-state index contributed by atoms with van der Waals surface area (Å²) in [6, 6.07) is 14.5. The summed E-state index contributed by atoms with van der Waals surface area (Å²) in [6.07, 6.45) is 0.862. The number of esters is 1. The molecule has 0 saturated heterocycles. The quantitative estimate of drug-likeness (QED) is 0.589. The third-order valence-electron chi connectivity index (χ3n) is 3.04. The van der Waals surface area contributed by atoms with Crippen molar-refractivity contribution in [1.29, 1.82) is 0 Å². The molecule has 0 aliphatic carbocycles. The number of methoxy groups -OCH3 is 1. The van der Waals surface area contributed by atoms with Gasteiger partial charge in [-0.05, 0) is 55.0 Å². The molecule has 0 aliphatic heterocycles. The highest BCUT2D eigenvalue weighted by molar-refractivity contribution is 6.30. The zero-order chi connectivity index (χ0) is 15.8. The molecule has 6 heteroatoms. The number of rotatable bonds is 7. The molecule has 2 aromatic rings. The van der Waals surface area contributed by atoms with E-state index in [-0.39, 0.29) is 18.4 Å². The highest BCUT2D eigenvalue weighted by atomic mass is 35.5. The van der Waals surface area contributed by atoms with Crippen LogP contribution in [-0.2, 0) is 4.74 Å². The van der Waals surface area contributed by atoms with Crippen LogP contribution in [0.15, 0.2) is 48.5 Å². The van der Waals surface area contributed by atoms with Crippen molar-refractivity contribution in [1.82, 2.24) is 0 Å². The van der Waals surface area contributed by atoms with E-state index in [0.29, 0.717) is 12.2 Å². The van der Waals surface area contributed by atoms with Crippen LogP contribution in [0.25, 0.3) is 0 Å². The Morgan fingerprint density at radius 3 is 2.35 bits per heavy atom. The van der Waals surface area contributed by atoms with Crippen LogP contribution in [0.4, 0.5) is 5.69 Å². The lowest BCUT2D eigenvalue weighted by atomic mass is 10.2. The van der Waals surface area contributed by atoms with Crippen molar-refractivity contribution in [2.75, 3.05) is 25.6 Å². The Bertz CT molecular complexity index is 600. The zero-order valence-corrected chi connectivity index (χ0v) is 14.3. The molecular formula is C17H19Cl2NO3. The molecule has 2 aromatic carbocycles. The molecule has 0 atom stereocenters. The van der Waals surface area contributed by atoms with Crippen LogP contribution in [0.3, 0.4) is 0 Å². The molecule has 124 valence electrons. The van der Waals surface area contributed by atoms with Gasteiger partial charge in [-0.1, -0.05) is 11.6 Å². The summed E-state index contributed by atoms with van der Waals surface area (Å²) in [5.41, 5.74) is 1.55. The summed E-state index contributed by atoms with van der Waals surface area (Å²) in [4.78, 5) is 11.3. The number of hydrogen-bond acceptors (Lipinski definition) is 4. The van der Waals surface area contributed by atoms with Gasteiger partial charge in [0.25, 0.3) is 0 Å². The molecule has 0 radical (unpaired) electrons. The summed E-state index contributed by atoms with van der Waals surface area (Å²) in [7, 11) is 1.36. The van der Waals surface area contributed by atoms with Crippen molar-refractivity contribution >= 4 is 35.7 Å². The number of hydrogen-bond donors (Lipinski definition) is 1. The second kappa shape index (κ2) is 9.98. The van der Waals surface area contributed by atoms with Crippen LogP contribution in [-0.4, -0.2) is 26.2 Å². The summed E-state index contributed by atoms with van der Waals surface area (Å²) in [5.74, 6) is 0.387. The van der Waals surface area contributed by atoms with E-state index in [4.69, 9.17) is 16.3 Å². The number of carbonyl (C=O) groups excluding carboxylic acids is 1. The van der Waals surface area contributed by atoms with E-state index in [2.05, 4.69) is 10.1 Å². The minimum Gasteiger partial charge on any atom is -0.494 e. The summed E-state index contributed by atoms with van der Waals surface area (Å²) in [5, 5.41) is 4.02. The SMILES string of the molecule is COC(=O)c1ccc(OCCCNc2ccc(Cl)cc2)cc1.Cl. The van der Waals surface area contributed by atoms with Gasteiger partial charge in [-0.2, -0.15) is 0 Å². The largest absolute Gasteiger partial charge is 0.494 e. The molecule has 0 saturated carbocycles. The Morgan fingerprint density at radius 1 is 1.09 bits per heavy atom. The van der Waals surface area contributed by atoms with Gasteiger partial charge in [0.15, 0.2) is 0 Å². The predicted octanol–water partition coefficient (Wildman–Crippen LogP) is 4.43. The number of anilines is 1. The fourth-order valence-electron chi connectivity index (χ4n) is 1.87. The van der Waals surface area contributed by atoms with Gasteiger partial charge in [-0.15, -0.1) is 12.4 Å². The van der Waals surface area contributed by atoms with Crippen LogP contribution < -0.4 is 10.1 Å². The van der Waals surface area contributed by atoms with Crippen LogP contribution in [0, 0.1) is 0 Å². The third kappa shape index (κ3) is 6.38. The molecule has 0 aliphatic rings. The molecule has 23 heavy (non-hydrogen) atoms. The first-order valence-corrected chi connectivity index (χ1v) is 7.37. The number of nitrogens with one attached hydrogen (secondary N) is 1. The number of carbonyl (C=O) groups is 1. The Hall–Kier alpha value is -1.91. The Kier molecular flexibility index (Phi) is 8.30. The second-order valence-electron chi connectivity index (χ2n) is 4.65. The van der Waals surface area contributed by atoms with Gasteiger partial charge in [-0.3, -0.25) is 0 Å². The molecule has 0 fully saturated rings. The molecule has 0 heterocycles.